The van der Waals surface area contributed by atoms with Crippen LogP contribution in [0.2, 0.25) is 5.15 Å². The van der Waals surface area contributed by atoms with Gasteiger partial charge in [-0.2, -0.15) is 5.26 Å². The molecule has 0 amide bonds. The second-order valence-electron chi connectivity index (χ2n) is 5.69. The summed E-state index contributed by atoms with van der Waals surface area (Å²) in [6.07, 6.45) is 0. The first kappa shape index (κ1) is 15.7. The highest BCUT2D eigenvalue weighted by atomic mass is 35.5. The molecule has 1 aromatic rings. The highest BCUT2D eigenvalue weighted by molar-refractivity contribution is 6.29. The van der Waals surface area contributed by atoms with E-state index in [2.05, 4.69) is 41.7 Å². The van der Waals surface area contributed by atoms with Gasteiger partial charge in [-0.1, -0.05) is 32.4 Å². The van der Waals surface area contributed by atoms with Gasteiger partial charge in [0.15, 0.2) is 0 Å². The number of aromatic nitrogens is 2. The monoisotopic (exact) mass is 280 g/mol. The van der Waals surface area contributed by atoms with Crippen molar-refractivity contribution in [3.05, 3.63) is 17.0 Å². The molecule has 104 valence electrons. The van der Waals surface area contributed by atoms with Gasteiger partial charge in [-0.15, -0.1) is 0 Å². The number of halogens is 1. The van der Waals surface area contributed by atoms with Gasteiger partial charge in [-0.05, 0) is 13.8 Å². The summed E-state index contributed by atoms with van der Waals surface area (Å²) in [4.78, 5) is 10.9. The van der Waals surface area contributed by atoms with Crippen LogP contribution in [0, 0.1) is 17.2 Å². The SMILES string of the molecule is CCN(CC(C)C#N)c1cc(Cl)nc(C(C)(C)C)n1. The zero-order chi connectivity index (χ0) is 14.6. The van der Waals surface area contributed by atoms with Crippen LogP contribution in [-0.4, -0.2) is 23.1 Å². The lowest BCUT2D eigenvalue weighted by atomic mass is 9.96. The maximum atomic E-state index is 8.93. The van der Waals surface area contributed by atoms with Gasteiger partial charge in [0.25, 0.3) is 0 Å². The van der Waals surface area contributed by atoms with Crippen molar-refractivity contribution in [2.75, 3.05) is 18.0 Å². The summed E-state index contributed by atoms with van der Waals surface area (Å²) >= 11 is 6.08. The molecule has 0 fully saturated rings. The lowest BCUT2D eigenvalue weighted by Crippen LogP contribution is -2.30. The minimum absolute atomic E-state index is 0.0493. The van der Waals surface area contributed by atoms with E-state index in [0.29, 0.717) is 11.7 Å². The van der Waals surface area contributed by atoms with Crippen molar-refractivity contribution in [1.82, 2.24) is 9.97 Å². The van der Waals surface area contributed by atoms with Crippen molar-refractivity contribution >= 4 is 17.4 Å². The molecule has 1 unspecified atom stereocenters. The third kappa shape index (κ3) is 4.36. The van der Waals surface area contributed by atoms with Gasteiger partial charge < -0.3 is 4.90 Å². The molecule has 0 spiro atoms. The Morgan fingerprint density at radius 3 is 2.53 bits per heavy atom. The number of nitriles is 1. The molecule has 0 aliphatic carbocycles. The average Bonchev–Trinajstić information content (AvgIpc) is 2.33. The van der Waals surface area contributed by atoms with Crippen molar-refractivity contribution in [1.29, 1.82) is 5.26 Å². The molecule has 0 radical (unpaired) electrons. The smallest absolute Gasteiger partial charge is 0.137 e. The standard InChI is InChI=1S/C14H21ClN4/c1-6-19(9-10(2)8-16)12-7-11(15)17-13(18-12)14(3,4)5/h7,10H,6,9H2,1-5H3. The quantitative estimate of drug-likeness (QED) is 0.793. The van der Waals surface area contributed by atoms with E-state index in [0.717, 1.165) is 18.2 Å². The molecule has 4 nitrogen and oxygen atoms in total. The summed E-state index contributed by atoms with van der Waals surface area (Å²) in [5.74, 6) is 1.46. The van der Waals surface area contributed by atoms with Gasteiger partial charge in [-0.25, -0.2) is 9.97 Å². The normalized spacial score (nSPS) is 12.9. The number of hydrogen-bond acceptors (Lipinski definition) is 4. The predicted molar refractivity (Wildman–Crippen MR) is 78.4 cm³/mol. The zero-order valence-electron chi connectivity index (χ0n) is 12.2. The Morgan fingerprint density at radius 1 is 1.42 bits per heavy atom. The minimum atomic E-state index is -0.153. The lowest BCUT2D eigenvalue weighted by molar-refractivity contribution is 0.543. The molecule has 0 saturated heterocycles. The molecule has 0 aromatic carbocycles. The largest absolute Gasteiger partial charge is 0.355 e. The third-order valence-corrected chi connectivity index (χ3v) is 2.97. The summed E-state index contributed by atoms with van der Waals surface area (Å²) in [5.41, 5.74) is -0.153. The third-order valence-electron chi connectivity index (χ3n) is 2.77. The molecule has 1 atom stereocenters. The lowest BCUT2D eigenvalue weighted by Gasteiger charge is -2.25. The zero-order valence-corrected chi connectivity index (χ0v) is 13.0. The molecule has 1 heterocycles. The fraction of sp³-hybridized carbons (Fsp3) is 0.643. The van der Waals surface area contributed by atoms with Crippen LogP contribution >= 0.6 is 11.6 Å². The van der Waals surface area contributed by atoms with E-state index in [1.165, 1.54) is 0 Å². The molecule has 0 aliphatic rings. The van der Waals surface area contributed by atoms with Crippen LogP contribution in [0.4, 0.5) is 5.82 Å². The van der Waals surface area contributed by atoms with Crippen molar-refractivity contribution in [2.45, 2.75) is 40.0 Å². The summed E-state index contributed by atoms with van der Waals surface area (Å²) in [6, 6.07) is 4.00. The van der Waals surface area contributed by atoms with Gasteiger partial charge in [-0.3, -0.25) is 0 Å². The summed E-state index contributed by atoms with van der Waals surface area (Å²) < 4.78 is 0. The molecular weight excluding hydrogens is 260 g/mol. The van der Waals surface area contributed by atoms with E-state index in [4.69, 9.17) is 16.9 Å². The van der Waals surface area contributed by atoms with Crippen LogP contribution in [0.5, 0.6) is 0 Å². The molecular formula is C14H21ClN4. The molecule has 5 heteroatoms. The van der Waals surface area contributed by atoms with Crippen LogP contribution in [0.25, 0.3) is 0 Å². The Morgan fingerprint density at radius 2 is 2.05 bits per heavy atom. The molecule has 1 rings (SSSR count). The fourth-order valence-electron chi connectivity index (χ4n) is 1.66. The molecule has 1 aromatic heterocycles. The predicted octanol–water partition coefficient (Wildman–Crippen LogP) is 3.41. The summed E-state index contributed by atoms with van der Waals surface area (Å²) in [5, 5.41) is 9.37. The topological polar surface area (TPSA) is 52.8 Å². The molecule has 0 N–H and O–H groups in total. The first-order valence-electron chi connectivity index (χ1n) is 6.47. The number of rotatable bonds is 4. The Bertz CT molecular complexity index is 473. The van der Waals surface area contributed by atoms with Crippen LogP contribution < -0.4 is 4.90 Å². The van der Waals surface area contributed by atoms with Gasteiger partial charge in [0.05, 0.1) is 12.0 Å². The van der Waals surface area contributed by atoms with E-state index in [-0.39, 0.29) is 11.3 Å². The van der Waals surface area contributed by atoms with Gasteiger partial charge in [0.1, 0.15) is 16.8 Å². The van der Waals surface area contributed by atoms with Crippen LogP contribution in [0.15, 0.2) is 6.07 Å². The Labute approximate surface area is 120 Å². The minimum Gasteiger partial charge on any atom is -0.355 e. The number of hydrogen-bond donors (Lipinski definition) is 0. The summed E-state index contributed by atoms with van der Waals surface area (Å²) in [7, 11) is 0. The Balaban J connectivity index is 3.11. The molecule has 0 saturated carbocycles. The molecule has 0 aliphatic heterocycles. The van der Waals surface area contributed by atoms with Crippen LogP contribution in [0.3, 0.4) is 0 Å². The highest BCUT2D eigenvalue weighted by Crippen LogP contribution is 2.24. The van der Waals surface area contributed by atoms with Crippen LogP contribution in [0.1, 0.15) is 40.4 Å². The molecule has 19 heavy (non-hydrogen) atoms. The average molecular weight is 281 g/mol. The maximum absolute atomic E-state index is 8.93. The van der Waals surface area contributed by atoms with E-state index >= 15 is 0 Å². The Hall–Kier alpha value is -1.34. The van der Waals surface area contributed by atoms with E-state index < -0.39 is 0 Å². The number of nitrogens with zero attached hydrogens (tertiary/aromatic N) is 4. The first-order chi connectivity index (χ1) is 8.77. The highest BCUT2D eigenvalue weighted by Gasteiger charge is 2.20. The van der Waals surface area contributed by atoms with Crippen molar-refractivity contribution < 1.29 is 0 Å². The van der Waals surface area contributed by atoms with Crippen molar-refractivity contribution in [3.8, 4) is 6.07 Å². The van der Waals surface area contributed by atoms with Crippen molar-refractivity contribution in [2.24, 2.45) is 5.92 Å². The molecule has 0 bridgehead atoms. The number of anilines is 1. The van der Waals surface area contributed by atoms with E-state index in [9.17, 15) is 0 Å². The first-order valence-corrected chi connectivity index (χ1v) is 6.85. The van der Waals surface area contributed by atoms with Gasteiger partial charge in [0, 0.05) is 24.6 Å². The van der Waals surface area contributed by atoms with Gasteiger partial charge >= 0.3 is 0 Å². The van der Waals surface area contributed by atoms with E-state index in [1.54, 1.807) is 6.07 Å². The van der Waals surface area contributed by atoms with Gasteiger partial charge in [0.2, 0.25) is 0 Å². The van der Waals surface area contributed by atoms with Crippen molar-refractivity contribution in [3.63, 3.8) is 0 Å². The fourth-order valence-corrected chi connectivity index (χ4v) is 1.84. The Kier molecular flexibility index (Phi) is 5.13. The van der Waals surface area contributed by atoms with E-state index in [1.807, 2.05) is 13.8 Å². The maximum Gasteiger partial charge on any atom is 0.137 e. The second kappa shape index (κ2) is 6.21. The summed E-state index contributed by atoms with van der Waals surface area (Å²) in [6.45, 7) is 11.5. The second-order valence-corrected chi connectivity index (χ2v) is 6.08. The van der Waals surface area contributed by atoms with Crippen LogP contribution in [-0.2, 0) is 5.41 Å².